The quantitative estimate of drug-likeness (QED) is 0.563. The molecule has 6 heteroatoms. The van der Waals surface area contributed by atoms with E-state index >= 15 is 0 Å². The first kappa shape index (κ1) is 16.4. The Balaban J connectivity index is 2.81. The van der Waals surface area contributed by atoms with E-state index in [9.17, 15) is 8.42 Å². The molecule has 0 saturated carbocycles. The molecule has 108 valence electrons. The largest absolute Gasteiger partial charge is 0.312 e. The Morgan fingerprint density at radius 3 is 2.74 bits per heavy atom. The summed E-state index contributed by atoms with van der Waals surface area (Å²) in [6.07, 6.45) is 2.68. The standard InChI is InChI=1S/C13H22N2O2S2/c1-4-9-14-11-12-7-8-13(18-12)19(16,17)15(6-3)10-5-2/h5,7-8,14H,2,4,6,9-11H2,1,3H3. The van der Waals surface area contributed by atoms with Gasteiger partial charge in [-0.15, -0.1) is 17.9 Å². The van der Waals surface area contributed by atoms with Crippen LogP contribution >= 0.6 is 11.3 Å². The molecule has 0 bridgehead atoms. The molecule has 1 aromatic heterocycles. The highest BCUT2D eigenvalue weighted by atomic mass is 32.2. The Bertz CT molecular complexity index is 494. The van der Waals surface area contributed by atoms with E-state index in [1.807, 2.05) is 13.0 Å². The Morgan fingerprint density at radius 2 is 2.16 bits per heavy atom. The third kappa shape index (κ3) is 4.42. The fourth-order valence-electron chi connectivity index (χ4n) is 1.65. The van der Waals surface area contributed by atoms with Crippen LogP contribution in [0.1, 0.15) is 25.1 Å². The Hall–Kier alpha value is -0.690. The molecule has 4 nitrogen and oxygen atoms in total. The van der Waals surface area contributed by atoms with Gasteiger partial charge in [-0.05, 0) is 25.1 Å². The molecule has 0 aromatic carbocycles. The van der Waals surface area contributed by atoms with E-state index in [0.29, 0.717) is 17.3 Å². The molecule has 1 N–H and O–H groups in total. The zero-order valence-electron chi connectivity index (χ0n) is 11.6. The van der Waals surface area contributed by atoms with E-state index in [1.165, 1.54) is 15.6 Å². The van der Waals surface area contributed by atoms with Crippen molar-refractivity contribution in [3.63, 3.8) is 0 Å². The molecular weight excluding hydrogens is 280 g/mol. The molecule has 1 rings (SSSR count). The van der Waals surface area contributed by atoms with Gasteiger partial charge in [-0.25, -0.2) is 8.42 Å². The van der Waals surface area contributed by atoms with Crippen LogP contribution in [0, 0.1) is 0 Å². The van der Waals surface area contributed by atoms with Gasteiger partial charge < -0.3 is 5.32 Å². The molecule has 0 radical (unpaired) electrons. The van der Waals surface area contributed by atoms with Crippen LogP contribution < -0.4 is 5.32 Å². The summed E-state index contributed by atoms with van der Waals surface area (Å²) in [6.45, 7) is 10.00. The normalized spacial score (nSPS) is 11.9. The number of thiophene rings is 1. The Labute approximate surface area is 120 Å². The van der Waals surface area contributed by atoms with Crippen LogP contribution in [0.2, 0.25) is 0 Å². The predicted molar refractivity (Wildman–Crippen MR) is 80.9 cm³/mol. The molecule has 19 heavy (non-hydrogen) atoms. The summed E-state index contributed by atoms with van der Waals surface area (Å²) in [7, 11) is -3.37. The lowest BCUT2D eigenvalue weighted by atomic mass is 10.4. The van der Waals surface area contributed by atoms with Crippen LogP contribution in [-0.2, 0) is 16.6 Å². The first-order valence-electron chi connectivity index (χ1n) is 6.46. The summed E-state index contributed by atoms with van der Waals surface area (Å²) >= 11 is 1.33. The summed E-state index contributed by atoms with van der Waals surface area (Å²) in [5.41, 5.74) is 0. The fraction of sp³-hybridized carbons (Fsp3) is 0.538. The molecule has 0 fully saturated rings. The number of hydrogen-bond donors (Lipinski definition) is 1. The van der Waals surface area contributed by atoms with Crippen molar-refractivity contribution in [2.75, 3.05) is 19.6 Å². The van der Waals surface area contributed by atoms with Crippen molar-refractivity contribution in [3.05, 3.63) is 29.7 Å². The van der Waals surface area contributed by atoms with Crippen LogP contribution in [-0.4, -0.2) is 32.4 Å². The van der Waals surface area contributed by atoms with Crippen molar-refractivity contribution >= 4 is 21.4 Å². The van der Waals surface area contributed by atoms with Gasteiger partial charge in [0.2, 0.25) is 0 Å². The van der Waals surface area contributed by atoms with Crippen molar-refractivity contribution in [1.29, 1.82) is 0 Å². The number of rotatable bonds is 9. The maximum Gasteiger partial charge on any atom is 0.252 e. The second-order valence-corrected chi connectivity index (χ2v) is 7.47. The summed E-state index contributed by atoms with van der Waals surface area (Å²) in [5.74, 6) is 0. The molecule has 0 aliphatic rings. The van der Waals surface area contributed by atoms with Gasteiger partial charge in [0.15, 0.2) is 0 Å². The van der Waals surface area contributed by atoms with E-state index in [4.69, 9.17) is 0 Å². The summed E-state index contributed by atoms with van der Waals surface area (Å²) < 4.78 is 26.6. The zero-order chi connectivity index (χ0) is 14.3. The highest BCUT2D eigenvalue weighted by Gasteiger charge is 2.23. The molecule has 0 saturated heterocycles. The number of sulfonamides is 1. The average Bonchev–Trinajstić information content (AvgIpc) is 2.85. The van der Waals surface area contributed by atoms with Crippen molar-refractivity contribution in [3.8, 4) is 0 Å². The SMILES string of the molecule is C=CCN(CC)S(=O)(=O)c1ccc(CNCCC)s1. The molecule has 0 aliphatic carbocycles. The van der Waals surface area contributed by atoms with Gasteiger partial charge in [-0.3, -0.25) is 0 Å². The van der Waals surface area contributed by atoms with Crippen molar-refractivity contribution < 1.29 is 8.42 Å². The second-order valence-electron chi connectivity index (χ2n) is 4.14. The van der Waals surface area contributed by atoms with E-state index < -0.39 is 10.0 Å². The third-order valence-corrected chi connectivity index (χ3v) is 6.14. The number of nitrogens with one attached hydrogen (secondary N) is 1. The Morgan fingerprint density at radius 1 is 1.42 bits per heavy atom. The average molecular weight is 302 g/mol. The molecule has 1 aromatic rings. The zero-order valence-corrected chi connectivity index (χ0v) is 13.2. The highest BCUT2D eigenvalue weighted by molar-refractivity contribution is 7.91. The molecule has 0 aliphatic heterocycles. The van der Waals surface area contributed by atoms with Crippen LogP contribution in [0.3, 0.4) is 0 Å². The molecule has 0 atom stereocenters. The highest BCUT2D eigenvalue weighted by Crippen LogP contribution is 2.24. The smallest absolute Gasteiger partial charge is 0.252 e. The maximum atomic E-state index is 12.4. The minimum atomic E-state index is -3.37. The first-order valence-corrected chi connectivity index (χ1v) is 8.72. The number of nitrogens with zero attached hydrogens (tertiary/aromatic N) is 1. The minimum absolute atomic E-state index is 0.347. The molecule has 0 unspecified atom stereocenters. The maximum absolute atomic E-state index is 12.4. The number of hydrogen-bond acceptors (Lipinski definition) is 4. The second kappa shape index (κ2) is 7.79. The lowest BCUT2D eigenvalue weighted by molar-refractivity contribution is 0.461. The van der Waals surface area contributed by atoms with Crippen LogP contribution in [0.25, 0.3) is 0 Å². The first-order chi connectivity index (χ1) is 9.06. The van der Waals surface area contributed by atoms with Gasteiger partial charge in [-0.2, -0.15) is 4.31 Å². The van der Waals surface area contributed by atoms with Gasteiger partial charge >= 0.3 is 0 Å². The minimum Gasteiger partial charge on any atom is -0.312 e. The molecule has 0 spiro atoms. The third-order valence-electron chi connectivity index (χ3n) is 2.64. The van der Waals surface area contributed by atoms with Crippen LogP contribution in [0.15, 0.2) is 29.0 Å². The van der Waals surface area contributed by atoms with E-state index in [1.54, 1.807) is 12.1 Å². The van der Waals surface area contributed by atoms with Gasteiger partial charge in [0.05, 0.1) is 0 Å². The molecule has 1 heterocycles. The summed E-state index contributed by atoms with van der Waals surface area (Å²) in [6, 6.07) is 3.57. The molecule has 0 amide bonds. The van der Waals surface area contributed by atoms with Crippen molar-refractivity contribution in [2.45, 2.75) is 31.0 Å². The van der Waals surface area contributed by atoms with Crippen molar-refractivity contribution in [2.24, 2.45) is 0 Å². The van der Waals surface area contributed by atoms with E-state index in [-0.39, 0.29) is 0 Å². The topological polar surface area (TPSA) is 49.4 Å². The predicted octanol–water partition coefficient (Wildman–Crippen LogP) is 2.44. The van der Waals surface area contributed by atoms with E-state index in [0.717, 1.165) is 24.4 Å². The van der Waals surface area contributed by atoms with Crippen molar-refractivity contribution in [1.82, 2.24) is 9.62 Å². The van der Waals surface area contributed by atoms with Crippen LogP contribution in [0.5, 0.6) is 0 Å². The lowest BCUT2D eigenvalue weighted by Gasteiger charge is -2.17. The van der Waals surface area contributed by atoms with E-state index in [2.05, 4.69) is 18.8 Å². The molecular formula is C13H22N2O2S2. The summed E-state index contributed by atoms with van der Waals surface area (Å²) in [5, 5.41) is 3.27. The van der Waals surface area contributed by atoms with Gasteiger partial charge in [-0.1, -0.05) is 19.9 Å². The van der Waals surface area contributed by atoms with Crippen LogP contribution in [0.4, 0.5) is 0 Å². The number of likely N-dealkylation sites (N-methyl/N-ethyl adjacent to an activating group) is 1. The monoisotopic (exact) mass is 302 g/mol. The lowest BCUT2D eigenvalue weighted by Crippen LogP contribution is -2.30. The van der Waals surface area contributed by atoms with Gasteiger partial charge in [0.1, 0.15) is 4.21 Å². The fourth-order valence-corrected chi connectivity index (χ4v) is 4.55. The van der Waals surface area contributed by atoms with Gasteiger partial charge in [0, 0.05) is 24.5 Å². The summed E-state index contributed by atoms with van der Waals surface area (Å²) in [4.78, 5) is 1.04. The van der Waals surface area contributed by atoms with Gasteiger partial charge in [0.25, 0.3) is 10.0 Å². The Kier molecular flexibility index (Phi) is 6.71.